The Balaban J connectivity index is 2.89. The molecule has 0 amide bonds. The van der Waals surface area contributed by atoms with Crippen molar-refractivity contribution in [3.05, 3.63) is 33.8 Å². The normalized spacial score (nSPS) is 11.8. The average Bonchev–Trinajstić information content (AvgIpc) is 2.31. The highest BCUT2D eigenvalue weighted by Crippen LogP contribution is 2.34. The summed E-state index contributed by atoms with van der Waals surface area (Å²) in [6, 6.07) is 5.92. The molecule has 0 aliphatic heterocycles. The first kappa shape index (κ1) is 14.3. The highest BCUT2D eigenvalue weighted by molar-refractivity contribution is 9.09. The van der Waals surface area contributed by atoms with Crippen LogP contribution >= 0.6 is 39.1 Å². The van der Waals surface area contributed by atoms with Gasteiger partial charge in [-0.05, 0) is 42.4 Å². The van der Waals surface area contributed by atoms with Crippen LogP contribution in [-0.2, 0) is 6.42 Å². The van der Waals surface area contributed by atoms with E-state index in [-0.39, 0.29) is 0 Å². The Morgan fingerprint density at radius 3 is 2.19 bits per heavy atom. The van der Waals surface area contributed by atoms with Gasteiger partial charge in [-0.1, -0.05) is 59.0 Å². The first-order chi connectivity index (χ1) is 7.56. The Hall–Kier alpha value is 0.280. The van der Waals surface area contributed by atoms with Crippen molar-refractivity contribution in [2.45, 2.75) is 33.1 Å². The van der Waals surface area contributed by atoms with Crippen LogP contribution in [0.5, 0.6) is 0 Å². The summed E-state index contributed by atoms with van der Waals surface area (Å²) in [5.41, 5.74) is 1.59. The SMILES string of the molecule is CCC(CC)(CBr)Cc1ccc(Cl)c(Cl)c1. The van der Waals surface area contributed by atoms with Crippen molar-refractivity contribution in [3.63, 3.8) is 0 Å². The van der Waals surface area contributed by atoms with E-state index in [0.29, 0.717) is 15.5 Å². The van der Waals surface area contributed by atoms with E-state index in [0.717, 1.165) is 24.6 Å². The van der Waals surface area contributed by atoms with Gasteiger partial charge < -0.3 is 0 Å². The van der Waals surface area contributed by atoms with Gasteiger partial charge in [0.2, 0.25) is 0 Å². The summed E-state index contributed by atoms with van der Waals surface area (Å²) >= 11 is 15.6. The molecular formula is C13H17BrCl2. The van der Waals surface area contributed by atoms with E-state index in [1.807, 2.05) is 12.1 Å². The maximum atomic E-state index is 6.03. The summed E-state index contributed by atoms with van der Waals surface area (Å²) in [5.74, 6) is 0. The molecule has 0 aromatic heterocycles. The van der Waals surface area contributed by atoms with Gasteiger partial charge in [-0.15, -0.1) is 0 Å². The predicted octanol–water partition coefficient (Wildman–Crippen LogP) is 5.74. The lowest BCUT2D eigenvalue weighted by atomic mass is 9.79. The fourth-order valence-electron chi connectivity index (χ4n) is 1.82. The zero-order chi connectivity index (χ0) is 12.2. The third-order valence-corrected chi connectivity index (χ3v) is 5.28. The van der Waals surface area contributed by atoms with Crippen molar-refractivity contribution < 1.29 is 0 Å². The van der Waals surface area contributed by atoms with Crippen LogP contribution in [0.2, 0.25) is 10.0 Å². The van der Waals surface area contributed by atoms with Gasteiger partial charge in [-0.3, -0.25) is 0 Å². The molecule has 1 aromatic rings. The smallest absolute Gasteiger partial charge is 0.0595 e. The fourth-order valence-corrected chi connectivity index (χ4v) is 3.13. The van der Waals surface area contributed by atoms with Crippen LogP contribution in [0.4, 0.5) is 0 Å². The molecule has 90 valence electrons. The maximum Gasteiger partial charge on any atom is 0.0595 e. The van der Waals surface area contributed by atoms with Gasteiger partial charge in [0, 0.05) is 5.33 Å². The topological polar surface area (TPSA) is 0 Å². The molecule has 0 fully saturated rings. The van der Waals surface area contributed by atoms with Gasteiger partial charge in [0.25, 0.3) is 0 Å². The van der Waals surface area contributed by atoms with Gasteiger partial charge in [0.05, 0.1) is 10.0 Å². The number of halogens is 3. The third kappa shape index (κ3) is 3.38. The molecule has 0 saturated carbocycles. The molecule has 0 N–H and O–H groups in total. The summed E-state index contributed by atoms with van der Waals surface area (Å²) in [4.78, 5) is 0. The van der Waals surface area contributed by atoms with Gasteiger partial charge >= 0.3 is 0 Å². The monoisotopic (exact) mass is 322 g/mol. The van der Waals surface area contributed by atoms with E-state index in [9.17, 15) is 0 Å². The van der Waals surface area contributed by atoms with Crippen molar-refractivity contribution in [2.24, 2.45) is 5.41 Å². The van der Waals surface area contributed by atoms with Gasteiger partial charge in [0.15, 0.2) is 0 Å². The second kappa shape index (κ2) is 6.28. The molecule has 0 atom stereocenters. The second-order valence-corrected chi connectivity index (χ2v) is 5.64. The lowest BCUT2D eigenvalue weighted by molar-refractivity contribution is 0.307. The second-order valence-electron chi connectivity index (χ2n) is 4.27. The van der Waals surface area contributed by atoms with Gasteiger partial charge in [-0.2, -0.15) is 0 Å². The van der Waals surface area contributed by atoms with Crippen molar-refractivity contribution in [3.8, 4) is 0 Å². The number of hydrogen-bond acceptors (Lipinski definition) is 0. The predicted molar refractivity (Wildman–Crippen MR) is 77.0 cm³/mol. The summed E-state index contributed by atoms with van der Waals surface area (Å²) in [5, 5.41) is 2.30. The Morgan fingerprint density at radius 1 is 1.12 bits per heavy atom. The third-order valence-electron chi connectivity index (χ3n) is 3.35. The Labute approximate surface area is 116 Å². The van der Waals surface area contributed by atoms with Crippen LogP contribution in [0.25, 0.3) is 0 Å². The minimum absolute atomic E-state index is 0.331. The van der Waals surface area contributed by atoms with E-state index in [1.54, 1.807) is 0 Å². The standard InChI is InChI=1S/C13H17BrCl2/c1-3-13(4-2,9-14)8-10-5-6-11(15)12(16)7-10/h5-7H,3-4,8-9H2,1-2H3. The quantitative estimate of drug-likeness (QED) is 0.606. The van der Waals surface area contributed by atoms with Crippen molar-refractivity contribution >= 4 is 39.1 Å². The van der Waals surface area contributed by atoms with Crippen LogP contribution in [0.1, 0.15) is 32.3 Å². The largest absolute Gasteiger partial charge is 0.0922 e. The summed E-state index contributed by atoms with van der Waals surface area (Å²) in [6.45, 7) is 4.48. The molecule has 0 aliphatic rings. The van der Waals surface area contributed by atoms with Crippen molar-refractivity contribution in [2.75, 3.05) is 5.33 Å². The fraction of sp³-hybridized carbons (Fsp3) is 0.538. The molecule has 0 aliphatic carbocycles. The molecule has 1 rings (SSSR count). The van der Waals surface area contributed by atoms with Crippen LogP contribution in [0.3, 0.4) is 0 Å². The highest BCUT2D eigenvalue weighted by Gasteiger charge is 2.25. The van der Waals surface area contributed by atoms with E-state index in [1.165, 1.54) is 5.56 Å². The van der Waals surface area contributed by atoms with Crippen LogP contribution in [0, 0.1) is 5.41 Å². The van der Waals surface area contributed by atoms with Crippen molar-refractivity contribution in [1.82, 2.24) is 0 Å². The lowest BCUT2D eigenvalue weighted by Gasteiger charge is -2.29. The summed E-state index contributed by atoms with van der Waals surface area (Å²) < 4.78 is 0. The minimum Gasteiger partial charge on any atom is -0.0922 e. The number of alkyl halides is 1. The maximum absolute atomic E-state index is 6.03. The van der Waals surface area contributed by atoms with E-state index >= 15 is 0 Å². The zero-order valence-corrected chi connectivity index (χ0v) is 12.8. The molecule has 3 heteroatoms. The summed E-state index contributed by atoms with van der Waals surface area (Å²) in [7, 11) is 0. The molecule has 0 spiro atoms. The van der Waals surface area contributed by atoms with Crippen LogP contribution < -0.4 is 0 Å². The van der Waals surface area contributed by atoms with E-state index < -0.39 is 0 Å². The van der Waals surface area contributed by atoms with Gasteiger partial charge in [-0.25, -0.2) is 0 Å². The number of benzene rings is 1. The van der Waals surface area contributed by atoms with E-state index in [2.05, 4.69) is 35.8 Å². The zero-order valence-electron chi connectivity index (χ0n) is 9.69. The average molecular weight is 324 g/mol. The Morgan fingerprint density at radius 2 is 1.75 bits per heavy atom. The Bertz CT molecular complexity index is 338. The first-order valence-electron chi connectivity index (χ1n) is 5.57. The van der Waals surface area contributed by atoms with Gasteiger partial charge in [0.1, 0.15) is 0 Å². The Kier molecular flexibility index (Phi) is 5.63. The summed E-state index contributed by atoms with van der Waals surface area (Å²) in [6.07, 6.45) is 3.37. The molecule has 0 radical (unpaired) electrons. The molecular weight excluding hydrogens is 307 g/mol. The molecule has 0 bridgehead atoms. The first-order valence-corrected chi connectivity index (χ1v) is 7.44. The minimum atomic E-state index is 0.331. The van der Waals surface area contributed by atoms with E-state index in [4.69, 9.17) is 23.2 Å². The number of rotatable bonds is 5. The van der Waals surface area contributed by atoms with Crippen molar-refractivity contribution in [1.29, 1.82) is 0 Å². The number of hydrogen-bond donors (Lipinski definition) is 0. The lowest BCUT2D eigenvalue weighted by Crippen LogP contribution is -2.23. The molecule has 1 aromatic carbocycles. The molecule has 0 saturated heterocycles. The van der Waals surface area contributed by atoms with Crippen LogP contribution in [-0.4, -0.2) is 5.33 Å². The molecule has 0 unspecified atom stereocenters. The highest BCUT2D eigenvalue weighted by atomic mass is 79.9. The molecule has 0 heterocycles. The van der Waals surface area contributed by atoms with Crippen LogP contribution in [0.15, 0.2) is 18.2 Å². The molecule has 16 heavy (non-hydrogen) atoms. The molecule has 0 nitrogen and oxygen atoms in total.